The maximum absolute atomic E-state index is 6.47. The fourth-order valence-corrected chi connectivity index (χ4v) is 0. The van der Waals surface area contributed by atoms with E-state index in [0.717, 1.165) is 0 Å². The van der Waals surface area contributed by atoms with Crippen LogP contribution < -0.4 is 0 Å². The Balaban J connectivity index is -0.00000000167. The Morgan fingerprint density at radius 2 is 1.20 bits per heavy atom. The van der Waals surface area contributed by atoms with Gasteiger partial charge in [-0.1, -0.05) is 0 Å². The van der Waals surface area contributed by atoms with E-state index in [2.05, 4.69) is 11.9 Å². The second-order valence-electron chi connectivity index (χ2n) is 0. The van der Waals surface area contributed by atoms with E-state index in [1.54, 1.807) is 0 Å². The zero-order valence-corrected chi connectivity index (χ0v) is 2.08. The summed E-state index contributed by atoms with van der Waals surface area (Å²) in [7, 11) is 0. The first-order valence-corrected chi connectivity index (χ1v) is 0.507. The first-order chi connectivity index (χ1) is 1.00. The van der Waals surface area contributed by atoms with E-state index in [9.17, 15) is 0 Å². The Bertz CT molecular complexity index is 9.61. The monoisotopic (exact) mass is 136 g/mol. The summed E-state index contributed by atoms with van der Waals surface area (Å²) in [6.07, 6.45) is 0. The van der Waals surface area contributed by atoms with Crippen LogP contribution in [0.4, 0.5) is 0 Å². The van der Waals surface area contributed by atoms with Gasteiger partial charge in [-0.25, -0.2) is 0 Å². The molecular formula is H6CaClNaO2. The normalized spacial score (nSPS) is 1.20. The predicted molar refractivity (Wildman–Crippen MR) is 27.4 cm³/mol. The summed E-state index contributed by atoms with van der Waals surface area (Å²) >= 11 is 3.64. The molecule has 0 heterocycles. The summed E-state index contributed by atoms with van der Waals surface area (Å²) in [5.41, 5.74) is 0. The van der Waals surface area contributed by atoms with Crippen molar-refractivity contribution in [1.29, 1.82) is 0 Å². The second kappa shape index (κ2) is 31.7. The van der Waals surface area contributed by atoms with Gasteiger partial charge in [-0.05, 0) is 0 Å². The molecule has 0 aliphatic heterocycles. The van der Waals surface area contributed by atoms with Crippen LogP contribution in [0.25, 0.3) is 0 Å². The molecule has 0 saturated heterocycles. The van der Waals surface area contributed by atoms with Crippen molar-refractivity contribution >= 4 is 79.2 Å². The molecule has 0 spiro atoms. The van der Waals surface area contributed by atoms with Gasteiger partial charge in [0.1, 0.15) is 0 Å². The summed E-state index contributed by atoms with van der Waals surface area (Å²) in [6.45, 7) is 0. The van der Waals surface area contributed by atoms with Gasteiger partial charge in [-0.15, -0.1) is 0 Å². The molecule has 0 aromatic carbocycles. The Morgan fingerprint density at radius 1 is 1.20 bits per heavy atom. The summed E-state index contributed by atoms with van der Waals surface area (Å²) in [6, 6.07) is 0. The molecule has 0 aromatic heterocycles. The third kappa shape index (κ3) is 21.2. The number of halogens is 1. The van der Waals surface area contributed by atoms with E-state index in [1.807, 2.05) is 0 Å². The molecule has 0 aromatic rings. The average Bonchev–Trinajstić information content (AvgIpc) is 1.00. The van der Waals surface area contributed by atoms with Gasteiger partial charge in [0.15, 0.2) is 0 Å². The molecule has 0 aliphatic rings. The molecule has 0 rings (SSSR count). The van der Waals surface area contributed by atoms with E-state index in [0.29, 0.717) is 0 Å². The van der Waals surface area contributed by atoms with Crippen LogP contribution in [0.2, 0.25) is 0 Å². The van der Waals surface area contributed by atoms with Gasteiger partial charge in [-0.3, -0.25) is 4.66 Å². The van der Waals surface area contributed by atoms with Crippen LogP contribution in [0.15, 0.2) is 0 Å². The molecule has 5 heteroatoms. The van der Waals surface area contributed by atoms with Crippen LogP contribution in [-0.4, -0.2) is 77.4 Å². The zero-order chi connectivity index (χ0) is 2.00. The molecule has 0 saturated carbocycles. The number of rotatable bonds is 0. The topological polar surface area (TPSA) is 51.7 Å². The van der Waals surface area contributed by atoms with Crippen molar-refractivity contribution in [1.82, 2.24) is 0 Å². The third-order valence-electron chi connectivity index (χ3n) is 0. The van der Waals surface area contributed by atoms with Gasteiger partial charge in [0.25, 0.3) is 0 Å². The summed E-state index contributed by atoms with van der Waals surface area (Å²) < 4.78 is 6.47. The van der Waals surface area contributed by atoms with E-state index in [4.69, 9.17) is 4.66 Å². The molecular weight excluding hydrogens is 131 g/mol. The summed E-state index contributed by atoms with van der Waals surface area (Å²) in [5, 5.41) is 0. The fraction of sp³-hybridized carbons (Fsp3) is 0. The van der Waals surface area contributed by atoms with Crippen LogP contribution in [0.3, 0.4) is 0 Å². The van der Waals surface area contributed by atoms with Gasteiger partial charge in [0.05, 0.1) is 11.9 Å². The Labute approximate surface area is 87.7 Å². The molecule has 0 radical (unpaired) electrons. The van der Waals surface area contributed by atoms with Crippen molar-refractivity contribution in [3.63, 3.8) is 0 Å². The van der Waals surface area contributed by atoms with Gasteiger partial charge in [0.2, 0.25) is 0 Å². The van der Waals surface area contributed by atoms with Crippen molar-refractivity contribution in [2.75, 3.05) is 0 Å². The van der Waals surface area contributed by atoms with Crippen LogP contribution in [0.5, 0.6) is 0 Å². The van der Waals surface area contributed by atoms with Crippen molar-refractivity contribution in [2.45, 2.75) is 0 Å². The van der Waals surface area contributed by atoms with Crippen LogP contribution in [0.1, 0.15) is 0 Å². The number of hydrogen-bond donors (Lipinski definition) is 1. The van der Waals surface area contributed by atoms with E-state index < -0.39 is 0 Å². The molecule has 5 heavy (non-hydrogen) atoms. The molecule has 3 N–H and O–H groups in total. The molecule has 0 amide bonds. The van der Waals surface area contributed by atoms with Crippen molar-refractivity contribution < 1.29 is 10.1 Å². The maximum atomic E-state index is 6.47. The standard InChI is InChI=1S/Ca.ClHO.Na.H2O.3H/c;1-2;;;;;/h;2H;;1H2;;;. The summed E-state index contributed by atoms with van der Waals surface area (Å²) in [4.78, 5) is 0. The minimum atomic E-state index is 0. The van der Waals surface area contributed by atoms with Crippen LogP contribution in [0, 0.1) is 0 Å². The quantitative estimate of drug-likeness (QED) is 0.376. The minimum absolute atomic E-state index is 0. The van der Waals surface area contributed by atoms with Gasteiger partial charge < -0.3 is 5.48 Å². The zero-order valence-electron chi connectivity index (χ0n) is 1.33. The van der Waals surface area contributed by atoms with Crippen molar-refractivity contribution in [3.8, 4) is 0 Å². The fourth-order valence-electron chi connectivity index (χ4n) is 0. The predicted octanol–water partition coefficient (Wildman–Crippen LogP) is -2.26. The Kier molecular flexibility index (Phi) is 165. The molecule has 0 atom stereocenters. The van der Waals surface area contributed by atoms with Gasteiger partial charge >= 0.3 is 67.3 Å². The van der Waals surface area contributed by atoms with E-state index in [-0.39, 0.29) is 72.8 Å². The Morgan fingerprint density at radius 3 is 1.20 bits per heavy atom. The molecule has 2 nitrogen and oxygen atoms in total. The number of hydrogen-bond acceptors (Lipinski definition) is 1. The van der Waals surface area contributed by atoms with Crippen molar-refractivity contribution in [3.05, 3.63) is 0 Å². The van der Waals surface area contributed by atoms with Crippen molar-refractivity contribution in [2.24, 2.45) is 0 Å². The molecule has 0 aliphatic carbocycles. The van der Waals surface area contributed by atoms with Crippen LogP contribution in [-0.2, 0) is 0 Å². The van der Waals surface area contributed by atoms with E-state index >= 15 is 0 Å². The summed E-state index contributed by atoms with van der Waals surface area (Å²) in [5.74, 6) is 0. The van der Waals surface area contributed by atoms with Gasteiger partial charge in [-0.2, -0.15) is 0 Å². The van der Waals surface area contributed by atoms with Gasteiger partial charge in [0, 0.05) is 0 Å². The second-order valence-corrected chi connectivity index (χ2v) is 0. The first kappa shape index (κ1) is 26.0. The SMILES string of the molecule is O.OCl.[CaH2].[NaH]. The molecule has 0 fully saturated rings. The molecule has 0 bridgehead atoms. The van der Waals surface area contributed by atoms with Crippen LogP contribution >= 0.6 is 11.9 Å². The first-order valence-electron chi connectivity index (χ1n) is 0.169. The Hall–Kier alpha value is 2.47. The molecule has 28 valence electrons. The third-order valence-corrected chi connectivity index (χ3v) is 0. The van der Waals surface area contributed by atoms with E-state index in [1.165, 1.54) is 0 Å². The molecule has 0 unspecified atom stereocenters. The average molecular weight is 137 g/mol.